The Morgan fingerprint density at radius 3 is 2.79 bits per heavy atom. The highest BCUT2D eigenvalue weighted by Gasteiger charge is 2.49. The summed E-state index contributed by atoms with van der Waals surface area (Å²) in [6, 6.07) is 6.98. The largest absolute Gasteiger partial charge is 0.376 e. The fourth-order valence-electron chi connectivity index (χ4n) is 3.52. The minimum atomic E-state index is -3.52. The van der Waals surface area contributed by atoms with E-state index in [9.17, 15) is 8.42 Å². The number of fused-ring (bicyclic) bond motifs is 1. The van der Waals surface area contributed by atoms with Gasteiger partial charge in [-0.2, -0.15) is 9.29 Å². The minimum absolute atomic E-state index is 0.0458. The molecular formula is C16H19N3O4S. The average molecular weight is 349 g/mol. The topological polar surface area (TPSA) is 85.5 Å². The van der Waals surface area contributed by atoms with Crippen molar-refractivity contribution in [3.8, 4) is 0 Å². The molecule has 1 aromatic carbocycles. The first kappa shape index (κ1) is 15.7. The summed E-state index contributed by atoms with van der Waals surface area (Å²) in [5.41, 5.74) is 0.922. The highest BCUT2D eigenvalue weighted by Crippen LogP contribution is 2.40. The number of hydrogen-bond donors (Lipinski definition) is 0. The fraction of sp³-hybridized carbons (Fsp3) is 0.500. The molecule has 3 atom stereocenters. The van der Waals surface area contributed by atoms with E-state index in [2.05, 4.69) is 10.1 Å². The van der Waals surface area contributed by atoms with Gasteiger partial charge in [0.2, 0.25) is 15.9 Å². The maximum Gasteiger partial charge on any atom is 0.243 e. The van der Waals surface area contributed by atoms with E-state index in [-0.39, 0.29) is 17.9 Å². The molecule has 0 radical (unpaired) electrons. The van der Waals surface area contributed by atoms with Crippen molar-refractivity contribution in [2.24, 2.45) is 5.92 Å². The number of aromatic nitrogens is 2. The van der Waals surface area contributed by atoms with Crippen molar-refractivity contribution >= 4 is 10.0 Å². The van der Waals surface area contributed by atoms with Gasteiger partial charge in [-0.3, -0.25) is 0 Å². The highest BCUT2D eigenvalue weighted by atomic mass is 32.2. The van der Waals surface area contributed by atoms with Gasteiger partial charge >= 0.3 is 0 Å². The van der Waals surface area contributed by atoms with Crippen LogP contribution in [0.4, 0.5) is 0 Å². The fourth-order valence-corrected chi connectivity index (χ4v) is 5.11. The van der Waals surface area contributed by atoms with Crippen LogP contribution in [-0.4, -0.2) is 48.7 Å². The average Bonchev–Trinajstić information content (AvgIpc) is 3.22. The van der Waals surface area contributed by atoms with Crippen molar-refractivity contribution in [3.63, 3.8) is 0 Å². The number of benzene rings is 1. The van der Waals surface area contributed by atoms with E-state index in [1.807, 2.05) is 13.0 Å². The van der Waals surface area contributed by atoms with E-state index < -0.39 is 10.0 Å². The standard InChI is InChI=1S/C16H19N3O4S/c1-10-4-3-5-12(6-10)24(20,21)19-7-13-14(9-22-15(13)8-19)16-17-11(2)18-23-16/h3-6,13-15H,7-9H2,1-2H3/t13-,14+,15-/m1/s1. The van der Waals surface area contributed by atoms with Gasteiger partial charge in [0.1, 0.15) is 0 Å². The maximum atomic E-state index is 12.9. The lowest BCUT2D eigenvalue weighted by Gasteiger charge is -2.18. The number of nitrogens with zero attached hydrogens (tertiary/aromatic N) is 3. The molecular weight excluding hydrogens is 330 g/mol. The summed E-state index contributed by atoms with van der Waals surface area (Å²) >= 11 is 0. The smallest absolute Gasteiger partial charge is 0.243 e. The Kier molecular flexibility index (Phi) is 3.70. The zero-order valence-electron chi connectivity index (χ0n) is 13.5. The van der Waals surface area contributed by atoms with Crippen molar-refractivity contribution in [1.29, 1.82) is 0 Å². The van der Waals surface area contributed by atoms with Crippen LogP contribution in [0.5, 0.6) is 0 Å². The highest BCUT2D eigenvalue weighted by molar-refractivity contribution is 7.89. The van der Waals surface area contributed by atoms with Crippen LogP contribution in [-0.2, 0) is 14.8 Å². The summed E-state index contributed by atoms with van der Waals surface area (Å²) in [4.78, 5) is 4.61. The Balaban J connectivity index is 1.58. The molecule has 3 heterocycles. The molecule has 0 spiro atoms. The summed E-state index contributed by atoms with van der Waals surface area (Å²) < 4.78 is 38.3. The van der Waals surface area contributed by atoms with E-state index in [4.69, 9.17) is 9.26 Å². The zero-order chi connectivity index (χ0) is 16.9. The predicted molar refractivity (Wildman–Crippen MR) is 84.9 cm³/mol. The SMILES string of the molecule is Cc1cccc(S(=O)(=O)N2C[C@@H]3[C@@H](c4nc(C)no4)CO[C@@H]3C2)c1. The van der Waals surface area contributed by atoms with Gasteiger partial charge in [-0.05, 0) is 31.5 Å². The molecule has 128 valence electrons. The molecule has 1 aromatic heterocycles. The summed E-state index contributed by atoms with van der Waals surface area (Å²) in [5, 5.41) is 3.83. The molecule has 7 nitrogen and oxygen atoms in total. The zero-order valence-corrected chi connectivity index (χ0v) is 14.4. The van der Waals surface area contributed by atoms with Gasteiger partial charge in [-0.15, -0.1) is 0 Å². The number of hydrogen-bond acceptors (Lipinski definition) is 6. The van der Waals surface area contributed by atoms with E-state index in [0.717, 1.165) is 5.56 Å². The molecule has 0 aliphatic carbocycles. The van der Waals surface area contributed by atoms with E-state index in [1.54, 1.807) is 25.1 Å². The second-order valence-electron chi connectivity index (χ2n) is 6.46. The van der Waals surface area contributed by atoms with E-state index >= 15 is 0 Å². The monoisotopic (exact) mass is 349 g/mol. The van der Waals surface area contributed by atoms with Gasteiger partial charge in [0.15, 0.2) is 5.82 Å². The van der Waals surface area contributed by atoms with Gasteiger partial charge in [-0.25, -0.2) is 8.42 Å². The molecule has 0 bridgehead atoms. The molecule has 4 rings (SSSR count). The first-order chi connectivity index (χ1) is 11.4. The van der Waals surface area contributed by atoms with Gasteiger partial charge < -0.3 is 9.26 Å². The lowest BCUT2D eigenvalue weighted by Crippen LogP contribution is -2.31. The second kappa shape index (κ2) is 5.65. The molecule has 2 aromatic rings. The first-order valence-corrected chi connectivity index (χ1v) is 9.38. The molecule has 0 amide bonds. The lowest BCUT2D eigenvalue weighted by atomic mass is 9.93. The Hall–Kier alpha value is -1.77. The Labute approximate surface area is 140 Å². The first-order valence-electron chi connectivity index (χ1n) is 7.94. The number of ether oxygens (including phenoxy) is 1. The second-order valence-corrected chi connectivity index (χ2v) is 8.40. The van der Waals surface area contributed by atoms with Gasteiger partial charge in [-0.1, -0.05) is 17.3 Å². The summed E-state index contributed by atoms with van der Waals surface area (Å²) in [6.07, 6.45) is -0.123. The Morgan fingerprint density at radius 2 is 2.08 bits per heavy atom. The molecule has 0 saturated carbocycles. The minimum Gasteiger partial charge on any atom is -0.376 e. The van der Waals surface area contributed by atoms with Gasteiger partial charge in [0.05, 0.1) is 23.5 Å². The van der Waals surface area contributed by atoms with Crippen LogP contribution in [0.25, 0.3) is 0 Å². The molecule has 0 N–H and O–H groups in total. The van der Waals surface area contributed by atoms with Crippen LogP contribution < -0.4 is 0 Å². The van der Waals surface area contributed by atoms with Crippen molar-refractivity contribution in [1.82, 2.24) is 14.4 Å². The van der Waals surface area contributed by atoms with Crippen molar-refractivity contribution < 1.29 is 17.7 Å². The van der Waals surface area contributed by atoms with Crippen molar-refractivity contribution in [2.45, 2.75) is 30.8 Å². The van der Waals surface area contributed by atoms with Crippen LogP contribution in [0.2, 0.25) is 0 Å². The van der Waals surface area contributed by atoms with Crippen LogP contribution in [0.1, 0.15) is 23.2 Å². The van der Waals surface area contributed by atoms with Crippen molar-refractivity contribution in [3.05, 3.63) is 41.5 Å². The third-order valence-electron chi connectivity index (χ3n) is 4.77. The van der Waals surface area contributed by atoms with E-state index in [0.29, 0.717) is 36.3 Å². The third-order valence-corrected chi connectivity index (χ3v) is 6.60. The van der Waals surface area contributed by atoms with Crippen LogP contribution >= 0.6 is 0 Å². The summed E-state index contributed by atoms with van der Waals surface area (Å²) in [7, 11) is -3.52. The molecule has 0 unspecified atom stereocenters. The maximum absolute atomic E-state index is 12.9. The number of rotatable bonds is 3. The van der Waals surface area contributed by atoms with Gasteiger partial charge in [0.25, 0.3) is 0 Å². The van der Waals surface area contributed by atoms with Gasteiger partial charge in [0, 0.05) is 19.0 Å². The summed E-state index contributed by atoms with van der Waals surface area (Å²) in [6.45, 7) is 4.92. The predicted octanol–water partition coefficient (Wildman–Crippen LogP) is 1.49. The number of sulfonamides is 1. The van der Waals surface area contributed by atoms with Crippen LogP contribution in [0.3, 0.4) is 0 Å². The van der Waals surface area contributed by atoms with Crippen LogP contribution in [0.15, 0.2) is 33.7 Å². The Morgan fingerprint density at radius 1 is 1.25 bits per heavy atom. The van der Waals surface area contributed by atoms with Crippen LogP contribution in [0, 0.1) is 19.8 Å². The van der Waals surface area contributed by atoms with Crippen molar-refractivity contribution in [2.75, 3.05) is 19.7 Å². The normalized spacial score (nSPS) is 27.5. The molecule has 24 heavy (non-hydrogen) atoms. The third kappa shape index (κ3) is 2.54. The molecule has 2 fully saturated rings. The van der Waals surface area contributed by atoms with E-state index in [1.165, 1.54) is 4.31 Å². The lowest BCUT2D eigenvalue weighted by molar-refractivity contribution is 0.105. The Bertz CT molecular complexity index is 864. The molecule has 8 heteroatoms. The number of aryl methyl sites for hydroxylation is 2. The summed E-state index contributed by atoms with van der Waals surface area (Å²) in [5.74, 6) is 1.11. The molecule has 2 saturated heterocycles. The quantitative estimate of drug-likeness (QED) is 0.834. The molecule has 2 aliphatic rings. The molecule has 2 aliphatic heterocycles.